The van der Waals surface area contributed by atoms with Crippen molar-refractivity contribution in [2.75, 3.05) is 5.43 Å². The molecule has 2 aromatic carbocycles. The van der Waals surface area contributed by atoms with Gasteiger partial charge in [0, 0.05) is 22.0 Å². The lowest BCUT2D eigenvalue weighted by atomic mass is 10.1. The van der Waals surface area contributed by atoms with Crippen molar-refractivity contribution in [3.63, 3.8) is 0 Å². The van der Waals surface area contributed by atoms with E-state index in [1.165, 1.54) is 6.21 Å². The molecular weight excluding hydrogens is 328 g/mol. The van der Waals surface area contributed by atoms with Crippen LogP contribution < -0.4 is 5.43 Å². The Hall–Kier alpha value is -3.67. The number of para-hydroxylation sites is 1. The number of benzene rings is 2. The molecule has 0 radical (unpaired) electrons. The highest BCUT2D eigenvalue weighted by Crippen LogP contribution is 2.26. The topological polar surface area (TPSA) is 90.6 Å². The van der Waals surface area contributed by atoms with E-state index in [9.17, 15) is 10.2 Å². The minimum absolute atomic E-state index is 0.0841. The number of rotatable bonds is 3. The number of fused-ring (bicyclic) bond motifs is 2. The van der Waals surface area contributed by atoms with Crippen LogP contribution >= 0.6 is 0 Å². The molecule has 0 atom stereocenters. The third kappa shape index (κ3) is 2.88. The van der Waals surface area contributed by atoms with Crippen LogP contribution in [0.4, 0.5) is 5.82 Å². The molecule has 128 valence electrons. The second-order valence-corrected chi connectivity index (χ2v) is 5.94. The Kier molecular flexibility index (Phi) is 3.85. The molecule has 0 spiro atoms. The standard InChI is InChI=1S/C20H16N4O2/c1-12-5-6-14-7-8-15(20(26)19(14)22-12)11-21-24-17-10-9-13-3-2-4-16(25)18(13)23-17/h2-11,25-26H,1H3,(H,23,24). The molecule has 0 aliphatic rings. The number of hydrogen-bond donors (Lipinski definition) is 3. The molecule has 4 aromatic rings. The number of aromatic hydroxyl groups is 2. The first kappa shape index (κ1) is 15.8. The van der Waals surface area contributed by atoms with Crippen LogP contribution in [0.1, 0.15) is 11.3 Å². The summed E-state index contributed by atoms with van der Waals surface area (Å²) in [7, 11) is 0. The molecule has 6 heteroatoms. The van der Waals surface area contributed by atoms with Crippen LogP contribution in [0, 0.1) is 6.92 Å². The molecule has 0 saturated carbocycles. The van der Waals surface area contributed by atoms with Crippen molar-refractivity contribution in [3.05, 3.63) is 65.9 Å². The summed E-state index contributed by atoms with van der Waals surface area (Å²) in [4.78, 5) is 8.71. The molecule has 4 rings (SSSR count). The van der Waals surface area contributed by atoms with Crippen molar-refractivity contribution >= 4 is 33.8 Å². The van der Waals surface area contributed by atoms with Gasteiger partial charge in [-0.2, -0.15) is 5.10 Å². The third-order valence-corrected chi connectivity index (χ3v) is 4.09. The van der Waals surface area contributed by atoms with Crippen molar-refractivity contribution in [3.8, 4) is 11.5 Å². The van der Waals surface area contributed by atoms with E-state index in [1.807, 2.05) is 37.3 Å². The molecule has 0 bridgehead atoms. The van der Waals surface area contributed by atoms with E-state index in [0.29, 0.717) is 22.4 Å². The molecule has 2 heterocycles. The fourth-order valence-electron chi connectivity index (χ4n) is 2.75. The molecule has 0 saturated heterocycles. The van der Waals surface area contributed by atoms with Gasteiger partial charge in [0.05, 0.1) is 6.21 Å². The first-order valence-corrected chi connectivity index (χ1v) is 8.09. The number of hydrogen-bond acceptors (Lipinski definition) is 6. The van der Waals surface area contributed by atoms with Crippen LogP contribution in [0.5, 0.6) is 11.5 Å². The Bertz CT molecular complexity index is 1160. The lowest BCUT2D eigenvalue weighted by Gasteiger charge is -2.05. The van der Waals surface area contributed by atoms with Gasteiger partial charge in [-0.1, -0.05) is 24.3 Å². The van der Waals surface area contributed by atoms with Crippen molar-refractivity contribution in [2.45, 2.75) is 6.92 Å². The van der Waals surface area contributed by atoms with E-state index >= 15 is 0 Å². The highest BCUT2D eigenvalue weighted by atomic mass is 16.3. The fraction of sp³-hybridized carbons (Fsp3) is 0.0500. The van der Waals surface area contributed by atoms with Gasteiger partial charge in [0.25, 0.3) is 0 Å². The number of pyridine rings is 2. The predicted octanol–water partition coefficient (Wildman–Crippen LogP) is 3.95. The SMILES string of the molecule is Cc1ccc2ccc(C=NNc3ccc4cccc(O)c4n3)c(O)c2n1. The molecule has 0 aliphatic heterocycles. The summed E-state index contributed by atoms with van der Waals surface area (Å²) in [5.41, 5.74) is 5.24. The van der Waals surface area contributed by atoms with Gasteiger partial charge in [-0.25, -0.2) is 9.97 Å². The van der Waals surface area contributed by atoms with Gasteiger partial charge in [-0.3, -0.25) is 5.43 Å². The van der Waals surface area contributed by atoms with Gasteiger partial charge < -0.3 is 10.2 Å². The number of nitrogens with one attached hydrogen (secondary N) is 1. The minimum atomic E-state index is 0.0841. The monoisotopic (exact) mass is 344 g/mol. The van der Waals surface area contributed by atoms with E-state index in [0.717, 1.165) is 16.5 Å². The van der Waals surface area contributed by atoms with Crippen molar-refractivity contribution in [1.29, 1.82) is 0 Å². The quantitative estimate of drug-likeness (QED) is 0.387. The first-order chi connectivity index (χ1) is 12.6. The zero-order valence-electron chi connectivity index (χ0n) is 14.0. The Morgan fingerprint density at radius 1 is 0.885 bits per heavy atom. The van der Waals surface area contributed by atoms with Crippen LogP contribution in [0.15, 0.2) is 59.7 Å². The van der Waals surface area contributed by atoms with Gasteiger partial charge in [-0.05, 0) is 37.3 Å². The number of phenols is 2. The maximum atomic E-state index is 10.4. The number of nitrogens with zero attached hydrogens (tertiary/aromatic N) is 3. The number of phenolic OH excluding ortho intramolecular Hbond substituents is 2. The summed E-state index contributed by atoms with van der Waals surface area (Å²) in [5, 5.41) is 26.1. The average molecular weight is 344 g/mol. The smallest absolute Gasteiger partial charge is 0.150 e. The molecular formula is C20H16N4O2. The normalized spacial score (nSPS) is 11.4. The molecule has 3 N–H and O–H groups in total. The fourth-order valence-corrected chi connectivity index (χ4v) is 2.75. The number of aromatic nitrogens is 2. The predicted molar refractivity (Wildman–Crippen MR) is 103 cm³/mol. The van der Waals surface area contributed by atoms with Crippen LogP contribution in [0.25, 0.3) is 21.8 Å². The summed E-state index contributed by atoms with van der Waals surface area (Å²) in [5.74, 6) is 0.689. The van der Waals surface area contributed by atoms with Gasteiger partial charge >= 0.3 is 0 Å². The summed E-state index contributed by atoms with van der Waals surface area (Å²) < 4.78 is 0. The molecule has 0 fully saturated rings. The Morgan fingerprint density at radius 2 is 1.65 bits per heavy atom. The summed E-state index contributed by atoms with van der Waals surface area (Å²) in [6.45, 7) is 1.88. The van der Waals surface area contributed by atoms with Crippen molar-refractivity contribution in [1.82, 2.24) is 9.97 Å². The Balaban J connectivity index is 1.62. The van der Waals surface area contributed by atoms with E-state index in [2.05, 4.69) is 20.5 Å². The second kappa shape index (κ2) is 6.33. The summed E-state index contributed by atoms with van der Waals surface area (Å²) in [6.07, 6.45) is 1.51. The maximum Gasteiger partial charge on any atom is 0.150 e. The first-order valence-electron chi connectivity index (χ1n) is 8.09. The Morgan fingerprint density at radius 3 is 2.54 bits per heavy atom. The van der Waals surface area contributed by atoms with Crippen molar-refractivity contribution in [2.24, 2.45) is 5.10 Å². The van der Waals surface area contributed by atoms with Crippen LogP contribution in [0.3, 0.4) is 0 Å². The second-order valence-electron chi connectivity index (χ2n) is 5.94. The van der Waals surface area contributed by atoms with Gasteiger partial charge in [0.2, 0.25) is 0 Å². The molecule has 0 amide bonds. The lowest BCUT2D eigenvalue weighted by Crippen LogP contribution is -1.95. The highest BCUT2D eigenvalue weighted by Gasteiger charge is 2.07. The average Bonchev–Trinajstić information content (AvgIpc) is 2.65. The maximum absolute atomic E-state index is 10.4. The molecule has 0 unspecified atom stereocenters. The highest BCUT2D eigenvalue weighted by molar-refractivity contribution is 5.95. The van der Waals surface area contributed by atoms with Gasteiger partial charge in [0.15, 0.2) is 5.75 Å². The van der Waals surface area contributed by atoms with Crippen molar-refractivity contribution < 1.29 is 10.2 Å². The van der Waals surface area contributed by atoms with E-state index in [1.54, 1.807) is 24.3 Å². The molecule has 0 aliphatic carbocycles. The zero-order chi connectivity index (χ0) is 18.1. The largest absolute Gasteiger partial charge is 0.506 e. The van der Waals surface area contributed by atoms with Crippen LogP contribution in [0.2, 0.25) is 0 Å². The van der Waals surface area contributed by atoms with E-state index in [-0.39, 0.29) is 11.5 Å². The number of aryl methyl sites for hydroxylation is 1. The zero-order valence-corrected chi connectivity index (χ0v) is 14.0. The van der Waals surface area contributed by atoms with Gasteiger partial charge in [0.1, 0.15) is 22.6 Å². The Labute approximate surface area is 149 Å². The lowest BCUT2D eigenvalue weighted by molar-refractivity contribution is 0.479. The van der Waals surface area contributed by atoms with E-state index < -0.39 is 0 Å². The molecule has 26 heavy (non-hydrogen) atoms. The van der Waals surface area contributed by atoms with Gasteiger partial charge in [-0.15, -0.1) is 0 Å². The third-order valence-electron chi connectivity index (χ3n) is 4.09. The van der Waals surface area contributed by atoms with Crippen LogP contribution in [-0.4, -0.2) is 26.4 Å². The number of hydrazone groups is 1. The summed E-state index contributed by atoms with van der Waals surface area (Å²) >= 11 is 0. The number of anilines is 1. The molecule has 2 aromatic heterocycles. The minimum Gasteiger partial charge on any atom is -0.506 e. The summed E-state index contributed by atoms with van der Waals surface area (Å²) in [6, 6.07) is 16.3. The van der Waals surface area contributed by atoms with Crippen LogP contribution in [-0.2, 0) is 0 Å². The van der Waals surface area contributed by atoms with E-state index in [4.69, 9.17) is 0 Å². The molecule has 6 nitrogen and oxygen atoms in total.